The third kappa shape index (κ3) is 5.30. The van der Waals surface area contributed by atoms with Crippen LogP contribution in [0.1, 0.15) is 40.6 Å². The molecule has 13 rings (SSSR count). The summed E-state index contributed by atoms with van der Waals surface area (Å²) in [5.41, 5.74) is 12.8. The van der Waals surface area contributed by atoms with Crippen LogP contribution in [0.15, 0.2) is 217 Å². The lowest BCUT2D eigenvalue weighted by Gasteiger charge is -2.27. The molecule has 9 aromatic carbocycles. The SMILES string of the molecule is C1=CCC(c2cc3c(c4ccccc24)c2cc4c5c6ccccc6ccc5n(-c5ccccc5)c4cc2n3-c2ccc(C3=Nc4ccccc4C(c4ccccc4)N3)cc2)C=C1. The second kappa shape index (κ2) is 13.8. The number of amidine groups is 1. The van der Waals surface area contributed by atoms with Crippen LogP contribution in [0.2, 0.25) is 0 Å². The molecule has 0 radical (unpaired) electrons. The third-order valence-electron chi connectivity index (χ3n) is 13.3. The third-order valence-corrected chi connectivity index (χ3v) is 13.3. The molecule has 1 N–H and O–H groups in total. The van der Waals surface area contributed by atoms with Crippen molar-refractivity contribution in [2.24, 2.45) is 4.99 Å². The number of rotatable bonds is 5. The average molecular weight is 793 g/mol. The van der Waals surface area contributed by atoms with Crippen LogP contribution < -0.4 is 5.32 Å². The Morgan fingerprint density at radius 2 is 1.13 bits per heavy atom. The first-order chi connectivity index (χ1) is 30.8. The van der Waals surface area contributed by atoms with E-state index in [0.29, 0.717) is 0 Å². The van der Waals surface area contributed by atoms with Gasteiger partial charge in [0.25, 0.3) is 0 Å². The molecule has 0 saturated carbocycles. The van der Waals surface area contributed by atoms with Crippen molar-refractivity contribution in [2.75, 3.05) is 0 Å². The summed E-state index contributed by atoms with van der Waals surface area (Å²) in [5.74, 6) is 1.16. The minimum absolute atomic E-state index is 0.00296. The van der Waals surface area contributed by atoms with Crippen LogP contribution in [-0.2, 0) is 0 Å². The van der Waals surface area contributed by atoms with Crippen LogP contribution in [-0.4, -0.2) is 15.0 Å². The summed E-state index contributed by atoms with van der Waals surface area (Å²) in [5, 5.41) is 14.0. The number of para-hydroxylation sites is 2. The van der Waals surface area contributed by atoms with Gasteiger partial charge >= 0.3 is 0 Å². The lowest BCUT2D eigenvalue weighted by atomic mass is 9.87. The van der Waals surface area contributed by atoms with Crippen LogP contribution in [0.25, 0.3) is 76.5 Å². The van der Waals surface area contributed by atoms with E-state index in [4.69, 9.17) is 4.99 Å². The van der Waals surface area contributed by atoms with Crippen molar-refractivity contribution < 1.29 is 0 Å². The maximum absolute atomic E-state index is 5.18. The van der Waals surface area contributed by atoms with Crippen molar-refractivity contribution in [1.29, 1.82) is 0 Å². The Morgan fingerprint density at radius 1 is 0.468 bits per heavy atom. The first-order valence-electron chi connectivity index (χ1n) is 21.6. The van der Waals surface area contributed by atoms with E-state index in [1.54, 1.807) is 0 Å². The van der Waals surface area contributed by atoms with Gasteiger partial charge in [0.1, 0.15) is 5.84 Å². The summed E-state index contributed by atoms with van der Waals surface area (Å²) >= 11 is 0. The fraction of sp³-hybridized carbons (Fsp3) is 0.0517. The molecule has 3 heterocycles. The van der Waals surface area contributed by atoms with Crippen molar-refractivity contribution in [3.8, 4) is 11.4 Å². The number of nitrogens with one attached hydrogen (secondary N) is 1. The molecule has 11 aromatic rings. The van der Waals surface area contributed by atoms with E-state index in [-0.39, 0.29) is 12.0 Å². The summed E-state index contributed by atoms with van der Waals surface area (Å²) in [6.07, 6.45) is 10.0. The fourth-order valence-electron chi connectivity index (χ4n) is 10.5. The van der Waals surface area contributed by atoms with E-state index in [0.717, 1.165) is 34.9 Å². The minimum Gasteiger partial charge on any atom is -0.359 e. The lowest BCUT2D eigenvalue weighted by Crippen LogP contribution is -2.32. The molecule has 0 fully saturated rings. The maximum atomic E-state index is 5.18. The highest BCUT2D eigenvalue weighted by Gasteiger charge is 2.26. The van der Waals surface area contributed by atoms with Gasteiger partial charge < -0.3 is 14.5 Å². The Labute approximate surface area is 359 Å². The average Bonchev–Trinajstić information content (AvgIpc) is 3.85. The van der Waals surface area contributed by atoms with Gasteiger partial charge in [-0.2, -0.15) is 0 Å². The van der Waals surface area contributed by atoms with E-state index < -0.39 is 0 Å². The monoisotopic (exact) mass is 792 g/mol. The van der Waals surface area contributed by atoms with Gasteiger partial charge in [-0.3, -0.25) is 0 Å². The highest BCUT2D eigenvalue weighted by atomic mass is 15.1. The second-order valence-corrected chi connectivity index (χ2v) is 16.7. The number of nitrogens with zero attached hydrogens (tertiary/aromatic N) is 3. The molecule has 2 unspecified atom stereocenters. The van der Waals surface area contributed by atoms with Crippen LogP contribution in [0.5, 0.6) is 0 Å². The summed E-state index contributed by atoms with van der Waals surface area (Å²) in [7, 11) is 0. The summed E-state index contributed by atoms with van der Waals surface area (Å²) in [4.78, 5) is 5.18. The number of aromatic nitrogens is 2. The first-order valence-corrected chi connectivity index (χ1v) is 21.6. The van der Waals surface area contributed by atoms with E-state index in [9.17, 15) is 0 Å². The molecular weight excluding hydrogens is 753 g/mol. The molecule has 62 heavy (non-hydrogen) atoms. The normalized spacial score (nSPS) is 16.1. The molecule has 1 aliphatic heterocycles. The number of hydrogen-bond donors (Lipinski definition) is 1. The van der Waals surface area contributed by atoms with E-state index in [2.05, 4.69) is 227 Å². The predicted octanol–water partition coefficient (Wildman–Crippen LogP) is 14.6. The fourth-order valence-corrected chi connectivity index (χ4v) is 10.5. The molecule has 0 saturated heterocycles. The Hall–Kier alpha value is -7.95. The van der Waals surface area contributed by atoms with Crippen LogP contribution in [0.4, 0.5) is 5.69 Å². The Bertz CT molecular complexity index is 3680. The first kappa shape index (κ1) is 34.9. The van der Waals surface area contributed by atoms with Gasteiger partial charge in [0.2, 0.25) is 0 Å². The molecular formula is C58H40N4. The molecule has 0 spiro atoms. The van der Waals surface area contributed by atoms with Crippen molar-refractivity contribution in [2.45, 2.75) is 18.4 Å². The summed E-state index contributed by atoms with van der Waals surface area (Å²) in [6.45, 7) is 0. The molecule has 2 aliphatic rings. The van der Waals surface area contributed by atoms with E-state index in [1.165, 1.54) is 81.8 Å². The Balaban J connectivity index is 1.09. The Kier molecular flexibility index (Phi) is 7.76. The van der Waals surface area contributed by atoms with E-state index in [1.807, 2.05) is 0 Å². The van der Waals surface area contributed by atoms with Gasteiger partial charge in [0.05, 0.1) is 33.8 Å². The van der Waals surface area contributed by atoms with Crippen LogP contribution in [0, 0.1) is 0 Å². The number of fused-ring (bicyclic) bond motifs is 11. The van der Waals surface area contributed by atoms with Crippen LogP contribution in [0.3, 0.4) is 0 Å². The second-order valence-electron chi connectivity index (χ2n) is 16.7. The summed E-state index contributed by atoms with van der Waals surface area (Å²) < 4.78 is 4.97. The zero-order valence-electron chi connectivity index (χ0n) is 33.9. The minimum atomic E-state index is 0.00296. The molecule has 0 bridgehead atoms. The molecule has 1 aliphatic carbocycles. The number of aliphatic imine (C=N–C) groups is 1. The molecule has 4 heteroatoms. The lowest BCUT2D eigenvalue weighted by molar-refractivity contribution is 0.749. The largest absolute Gasteiger partial charge is 0.359 e. The molecule has 0 amide bonds. The van der Waals surface area contributed by atoms with Crippen molar-refractivity contribution in [3.05, 3.63) is 235 Å². The van der Waals surface area contributed by atoms with Gasteiger partial charge in [0.15, 0.2) is 0 Å². The van der Waals surface area contributed by atoms with Crippen molar-refractivity contribution >= 4 is 76.7 Å². The molecule has 4 nitrogen and oxygen atoms in total. The van der Waals surface area contributed by atoms with Crippen molar-refractivity contribution in [1.82, 2.24) is 14.5 Å². The van der Waals surface area contributed by atoms with Gasteiger partial charge in [-0.1, -0.05) is 146 Å². The molecule has 2 aromatic heterocycles. The predicted molar refractivity (Wildman–Crippen MR) is 260 cm³/mol. The number of benzene rings is 9. The standard InChI is InChI=1S/C58H40N4/c1-4-16-37(17-5-1)47-35-54-56(45-25-13-12-24-44(45)47)49-34-48-52(61(41-21-8-3-9-22-41)51-33-30-38-18-10-11-23-43(38)55(48)51)36-53(49)62(54)42-31-28-40(29-32-42)58-59-50-27-15-14-26-46(50)57(60-58)39-19-6-2-7-20-39/h1-16,18-37,57H,17H2,(H,59,60). The zero-order chi connectivity index (χ0) is 40.7. The van der Waals surface area contributed by atoms with Gasteiger partial charge in [0, 0.05) is 50.0 Å². The summed E-state index contributed by atoms with van der Waals surface area (Å²) in [6, 6.07) is 68.8. The van der Waals surface area contributed by atoms with Gasteiger partial charge in [-0.15, -0.1) is 0 Å². The maximum Gasteiger partial charge on any atom is 0.134 e. The van der Waals surface area contributed by atoms with Gasteiger partial charge in [-0.05, 0) is 106 Å². The topological polar surface area (TPSA) is 34.2 Å². The molecule has 292 valence electrons. The number of allylic oxidation sites excluding steroid dienone is 4. The zero-order valence-corrected chi connectivity index (χ0v) is 33.9. The highest BCUT2D eigenvalue weighted by molar-refractivity contribution is 6.28. The molecule has 2 atom stereocenters. The van der Waals surface area contributed by atoms with Crippen LogP contribution >= 0.6 is 0 Å². The van der Waals surface area contributed by atoms with Gasteiger partial charge in [-0.25, -0.2) is 4.99 Å². The number of hydrogen-bond acceptors (Lipinski definition) is 2. The highest BCUT2D eigenvalue weighted by Crippen LogP contribution is 2.46. The quantitative estimate of drug-likeness (QED) is 0.185. The smallest absolute Gasteiger partial charge is 0.134 e. The van der Waals surface area contributed by atoms with Crippen molar-refractivity contribution in [3.63, 3.8) is 0 Å². The van der Waals surface area contributed by atoms with E-state index >= 15 is 0 Å². The Morgan fingerprint density at radius 3 is 1.92 bits per heavy atom.